The summed E-state index contributed by atoms with van der Waals surface area (Å²) in [5, 5.41) is 3.41. The van der Waals surface area contributed by atoms with Crippen molar-refractivity contribution in [2.45, 2.75) is 19.3 Å². The van der Waals surface area contributed by atoms with Gasteiger partial charge in [-0.05, 0) is 43.6 Å². The molecule has 0 saturated carbocycles. The van der Waals surface area contributed by atoms with E-state index in [1.54, 1.807) is 0 Å². The first-order chi connectivity index (χ1) is 8.15. The van der Waals surface area contributed by atoms with E-state index in [-0.39, 0.29) is 0 Å². The number of anilines is 1. The number of halogens is 2. The first-order valence-corrected chi connectivity index (χ1v) is 6.08. The fraction of sp³-hybridized carbons (Fsp3) is 0.417. The fourth-order valence-corrected chi connectivity index (χ4v) is 2.23. The minimum absolute atomic E-state index is 0.359. The predicted octanol–water partition coefficient (Wildman–Crippen LogP) is 3.15. The molecule has 2 rings (SSSR count). The quantitative estimate of drug-likeness (QED) is 0.777. The molecule has 0 unspecified atom stereocenters. The Morgan fingerprint density at radius 2 is 1.65 bits per heavy atom. The van der Waals surface area contributed by atoms with Crippen LogP contribution < -0.4 is 5.32 Å². The Morgan fingerprint density at radius 1 is 1.06 bits per heavy atom. The van der Waals surface area contributed by atoms with E-state index in [4.69, 9.17) is 12.2 Å². The molecule has 1 aliphatic rings. The van der Waals surface area contributed by atoms with Crippen molar-refractivity contribution in [2.24, 2.45) is 0 Å². The summed E-state index contributed by atoms with van der Waals surface area (Å²) in [6.07, 6.45) is 3.44. The van der Waals surface area contributed by atoms with Gasteiger partial charge >= 0.3 is 0 Å². The maximum absolute atomic E-state index is 13.0. The van der Waals surface area contributed by atoms with Crippen LogP contribution in [0.3, 0.4) is 0 Å². The number of thiocarbonyl (C=S) groups is 1. The number of hydrogen-bond donors (Lipinski definition) is 1. The van der Waals surface area contributed by atoms with Gasteiger partial charge in [-0.1, -0.05) is 0 Å². The van der Waals surface area contributed by atoms with Gasteiger partial charge in [-0.25, -0.2) is 8.78 Å². The van der Waals surface area contributed by atoms with Gasteiger partial charge in [0, 0.05) is 24.8 Å². The molecule has 1 saturated heterocycles. The van der Waals surface area contributed by atoms with Crippen molar-refractivity contribution in [3.8, 4) is 0 Å². The fourth-order valence-electron chi connectivity index (χ4n) is 1.93. The Bertz CT molecular complexity index is 397. The number of piperidine rings is 1. The molecule has 0 amide bonds. The highest BCUT2D eigenvalue weighted by atomic mass is 32.1. The summed E-state index contributed by atoms with van der Waals surface area (Å²) in [4.78, 5) is 2.03. The molecule has 1 fully saturated rings. The maximum atomic E-state index is 13.0. The zero-order valence-electron chi connectivity index (χ0n) is 9.38. The number of hydrogen-bond acceptors (Lipinski definition) is 1. The lowest BCUT2D eigenvalue weighted by Crippen LogP contribution is -2.38. The van der Waals surface area contributed by atoms with E-state index < -0.39 is 11.6 Å². The second-order valence-corrected chi connectivity index (χ2v) is 4.52. The van der Waals surface area contributed by atoms with Crippen LogP contribution in [0.15, 0.2) is 18.2 Å². The van der Waals surface area contributed by atoms with Gasteiger partial charge in [0.05, 0.1) is 0 Å². The maximum Gasteiger partial charge on any atom is 0.173 e. The van der Waals surface area contributed by atoms with Crippen molar-refractivity contribution in [2.75, 3.05) is 18.4 Å². The molecular formula is C12H14F2N2S. The molecule has 0 radical (unpaired) electrons. The summed E-state index contributed by atoms with van der Waals surface area (Å²) in [7, 11) is 0. The highest BCUT2D eigenvalue weighted by molar-refractivity contribution is 7.80. The van der Waals surface area contributed by atoms with E-state index in [1.807, 2.05) is 4.90 Å². The molecule has 1 N–H and O–H groups in total. The van der Waals surface area contributed by atoms with Crippen LogP contribution in [0.5, 0.6) is 0 Å². The summed E-state index contributed by atoms with van der Waals surface area (Å²) in [5.41, 5.74) is 0.359. The van der Waals surface area contributed by atoms with Gasteiger partial charge in [-0.15, -0.1) is 0 Å². The molecule has 1 heterocycles. The Balaban J connectivity index is 2.01. The lowest BCUT2D eigenvalue weighted by molar-refractivity contribution is 0.346. The highest BCUT2D eigenvalue weighted by Gasteiger charge is 2.13. The van der Waals surface area contributed by atoms with Gasteiger partial charge in [-0.2, -0.15) is 0 Å². The van der Waals surface area contributed by atoms with E-state index >= 15 is 0 Å². The summed E-state index contributed by atoms with van der Waals surface area (Å²) >= 11 is 5.21. The van der Waals surface area contributed by atoms with Crippen LogP contribution in [0.25, 0.3) is 0 Å². The average molecular weight is 256 g/mol. The van der Waals surface area contributed by atoms with Crippen molar-refractivity contribution in [3.05, 3.63) is 29.8 Å². The molecule has 17 heavy (non-hydrogen) atoms. The van der Waals surface area contributed by atoms with Crippen molar-refractivity contribution in [1.29, 1.82) is 0 Å². The number of rotatable bonds is 1. The minimum atomic E-state index is -0.603. The van der Waals surface area contributed by atoms with Gasteiger partial charge in [0.2, 0.25) is 0 Å². The third kappa shape index (κ3) is 3.36. The molecule has 5 heteroatoms. The molecule has 0 bridgehead atoms. The first-order valence-electron chi connectivity index (χ1n) is 5.67. The zero-order valence-corrected chi connectivity index (χ0v) is 10.2. The Labute approximate surface area is 105 Å². The normalized spacial score (nSPS) is 15.8. The summed E-state index contributed by atoms with van der Waals surface area (Å²) in [6.45, 7) is 1.81. The Morgan fingerprint density at radius 3 is 2.24 bits per heavy atom. The first kappa shape index (κ1) is 12.2. The molecular weight excluding hydrogens is 242 g/mol. The van der Waals surface area contributed by atoms with Crippen LogP contribution in [0, 0.1) is 11.6 Å². The second-order valence-electron chi connectivity index (χ2n) is 4.14. The van der Waals surface area contributed by atoms with Gasteiger partial charge in [0.15, 0.2) is 5.11 Å². The van der Waals surface area contributed by atoms with Crippen LogP contribution >= 0.6 is 12.2 Å². The molecule has 92 valence electrons. The van der Waals surface area contributed by atoms with E-state index in [0.717, 1.165) is 32.0 Å². The standard InChI is InChI=1S/C12H14F2N2S/c13-9-6-10(14)8-11(7-9)15-12(17)16-4-2-1-3-5-16/h6-8H,1-5H2,(H,15,17). The molecule has 0 atom stereocenters. The topological polar surface area (TPSA) is 15.3 Å². The van der Waals surface area contributed by atoms with E-state index in [9.17, 15) is 8.78 Å². The van der Waals surface area contributed by atoms with Gasteiger partial charge in [0.25, 0.3) is 0 Å². The minimum Gasteiger partial charge on any atom is -0.349 e. The smallest absolute Gasteiger partial charge is 0.173 e. The molecule has 1 aromatic rings. The number of likely N-dealkylation sites (tertiary alicyclic amines) is 1. The molecule has 1 aromatic carbocycles. The van der Waals surface area contributed by atoms with Gasteiger partial charge < -0.3 is 10.2 Å². The van der Waals surface area contributed by atoms with Crippen LogP contribution in [-0.2, 0) is 0 Å². The van der Waals surface area contributed by atoms with E-state index in [1.165, 1.54) is 18.6 Å². The monoisotopic (exact) mass is 256 g/mol. The number of nitrogens with zero attached hydrogens (tertiary/aromatic N) is 1. The van der Waals surface area contributed by atoms with E-state index in [2.05, 4.69) is 5.32 Å². The number of benzene rings is 1. The zero-order chi connectivity index (χ0) is 12.3. The third-order valence-corrected chi connectivity index (χ3v) is 3.12. The lowest BCUT2D eigenvalue weighted by atomic mass is 10.1. The van der Waals surface area contributed by atoms with Crippen LogP contribution in [0.1, 0.15) is 19.3 Å². The largest absolute Gasteiger partial charge is 0.349 e. The second kappa shape index (κ2) is 5.40. The molecule has 0 spiro atoms. The van der Waals surface area contributed by atoms with Crippen LogP contribution in [0.4, 0.5) is 14.5 Å². The van der Waals surface area contributed by atoms with Crippen molar-refractivity contribution < 1.29 is 8.78 Å². The molecule has 1 aliphatic heterocycles. The van der Waals surface area contributed by atoms with Crippen molar-refractivity contribution in [3.63, 3.8) is 0 Å². The average Bonchev–Trinajstić information content (AvgIpc) is 2.28. The lowest BCUT2D eigenvalue weighted by Gasteiger charge is -2.29. The molecule has 0 aromatic heterocycles. The van der Waals surface area contributed by atoms with Crippen LogP contribution in [-0.4, -0.2) is 23.1 Å². The summed E-state index contributed by atoms with van der Waals surface area (Å²) < 4.78 is 26.0. The highest BCUT2D eigenvalue weighted by Crippen LogP contribution is 2.15. The molecule has 0 aliphatic carbocycles. The third-order valence-electron chi connectivity index (χ3n) is 2.76. The van der Waals surface area contributed by atoms with Gasteiger partial charge in [0.1, 0.15) is 11.6 Å². The van der Waals surface area contributed by atoms with Gasteiger partial charge in [-0.3, -0.25) is 0 Å². The Kier molecular flexibility index (Phi) is 3.89. The predicted molar refractivity (Wildman–Crippen MR) is 68.0 cm³/mol. The van der Waals surface area contributed by atoms with Crippen molar-refractivity contribution >= 4 is 23.0 Å². The molecule has 2 nitrogen and oxygen atoms in total. The Hall–Kier alpha value is -1.23. The summed E-state index contributed by atoms with van der Waals surface area (Å²) in [6, 6.07) is 3.31. The van der Waals surface area contributed by atoms with Crippen molar-refractivity contribution in [1.82, 2.24) is 4.90 Å². The summed E-state index contributed by atoms with van der Waals surface area (Å²) in [5.74, 6) is -1.21. The SMILES string of the molecule is Fc1cc(F)cc(NC(=S)N2CCCCC2)c1. The van der Waals surface area contributed by atoms with E-state index in [0.29, 0.717) is 10.8 Å². The van der Waals surface area contributed by atoms with Crippen LogP contribution in [0.2, 0.25) is 0 Å². The number of nitrogens with one attached hydrogen (secondary N) is 1.